The zero-order chi connectivity index (χ0) is 10.4. The Labute approximate surface area is 86.0 Å². The van der Waals surface area contributed by atoms with Crippen molar-refractivity contribution in [2.24, 2.45) is 11.7 Å². The van der Waals surface area contributed by atoms with Crippen molar-refractivity contribution in [1.82, 2.24) is 0 Å². The topological polar surface area (TPSA) is 52.3 Å². The van der Waals surface area contributed by atoms with Gasteiger partial charge < -0.3 is 10.5 Å². The smallest absolute Gasteiger partial charge is 0.306 e. The molecule has 1 fully saturated rings. The molecule has 3 nitrogen and oxygen atoms in total. The van der Waals surface area contributed by atoms with Gasteiger partial charge in [-0.1, -0.05) is 19.3 Å². The second-order valence-electron chi connectivity index (χ2n) is 4.07. The summed E-state index contributed by atoms with van der Waals surface area (Å²) < 4.78 is 4.94. The largest absolute Gasteiger partial charge is 0.466 e. The van der Waals surface area contributed by atoms with Crippen molar-refractivity contribution in [2.45, 2.75) is 51.5 Å². The van der Waals surface area contributed by atoms with E-state index in [1.54, 1.807) is 0 Å². The van der Waals surface area contributed by atoms with Gasteiger partial charge in [0.15, 0.2) is 0 Å². The standard InChI is InChI=1S/C11H21NO2/c1-2-14-11(13)8-9-6-4-3-5-7-10(9)12/h9-10H,2-8,12H2,1H3. The van der Waals surface area contributed by atoms with Crippen LogP contribution in [0.3, 0.4) is 0 Å². The molecule has 0 heterocycles. The molecule has 0 amide bonds. The van der Waals surface area contributed by atoms with Gasteiger partial charge in [0.25, 0.3) is 0 Å². The second kappa shape index (κ2) is 6.02. The highest BCUT2D eigenvalue weighted by molar-refractivity contribution is 5.69. The SMILES string of the molecule is CCOC(=O)CC1CCCCCC1N. The monoisotopic (exact) mass is 199 g/mol. The van der Waals surface area contributed by atoms with Gasteiger partial charge in [0, 0.05) is 12.5 Å². The molecule has 2 unspecified atom stereocenters. The third-order valence-corrected chi connectivity index (χ3v) is 2.95. The first-order chi connectivity index (χ1) is 6.74. The first-order valence-corrected chi connectivity index (χ1v) is 5.65. The Hall–Kier alpha value is -0.570. The molecule has 1 rings (SSSR count). The minimum absolute atomic E-state index is 0.0881. The maximum absolute atomic E-state index is 11.3. The molecule has 82 valence electrons. The molecule has 0 aliphatic heterocycles. The third-order valence-electron chi connectivity index (χ3n) is 2.95. The van der Waals surface area contributed by atoms with E-state index in [-0.39, 0.29) is 12.0 Å². The van der Waals surface area contributed by atoms with Crippen molar-refractivity contribution in [3.63, 3.8) is 0 Å². The molecule has 0 spiro atoms. The highest BCUT2D eigenvalue weighted by atomic mass is 16.5. The van der Waals surface area contributed by atoms with Gasteiger partial charge in [-0.3, -0.25) is 4.79 Å². The lowest BCUT2D eigenvalue weighted by Crippen LogP contribution is -2.31. The van der Waals surface area contributed by atoms with Crippen LogP contribution in [0, 0.1) is 5.92 Å². The lowest BCUT2D eigenvalue weighted by atomic mass is 9.92. The van der Waals surface area contributed by atoms with Crippen LogP contribution < -0.4 is 5.73 Å². The van der Waals surface area contributed by atoms with Crippen LogP contribution in [-0.4, -0.2) is 18.6 Å². The van der Waals surface area contributed by atoms with Crippen molar-refractivity contribution >= 4 is 5.97 Å². The van der Waals surface area contributed by atoms with Crippen molar-refractivity contribution in [3.8, 4) is 0 Å². The Morgan fingerprint density at radius 1 is 1.36 bits per heavy atom. The molecule has 1 saturated carbocycles. The molecule has 2 N–H and O–H groups in total. The van der Waals surface area contributed by atoms with E-state index in [0.29, 0.717) is 18.9 Å². The van der Waals surface area contributed by atoms with Crippen LogP contribution in [0.2, 0.25) is 0 Å². The van der Waals surface area contributed by atoms with Crippen LogP contribution in [0.15, 0.2) is 0 Å². The summed E-state index contributed by atoms with van der Waals surface area (Å²) in [7, 11) is 0. The average molecular weight is 199 g/mol. The van der Waals surface area contributed by atoms with Gasteiger partial charge in [-0.2, -0.15) is 0 Å². The number of hydrogen-bond donors (Lipinski definition) is 1. The molecule has 0 aromatic heterocycles. The minimum atomic E-state index is -0.0881. The molecule has 0 bridgehead atoms. The van der Waals surface area contributed by atoms with E-state index in [2.05, 4.69) is 0 Å². The number of esters is 1. The molecule has 0 aromatic rings. The third kappa shape index (κ3) is 3.66. The van der Waals surface area contributed by atoms with Crippen LogP contribution in [0.1, 0.15) is 45.4 Å². The first kappa shape index (κ1) is 11.5. The Balaban J connectivity index is 2.36. The van der Waals surface area contributed by atoms with Crippen molar-refractivity contribution in [2.75, 3.05) is 6.61 Å². The lowest BCUT2D eigenvalue weighted by Gasteiger charge is -2.19. The number of hydrogen-bond acceptors (Lipinski definition) is 3. The fourth-order valence-corrected chi connectivity index (χ4v) is 2.10. The van der Waals surface area contributed by atoms with Crippen LogP contribution in [0.5, 0.6) is 0 Å². The van der Waals surface area contributed by atoms with Crippen LogP contribution in [0.25, 0.3) is 0 Å². The molecule has 1 aliphatic rings. The molecular formula is C11H21NO2. The predicted octanol–water partition coefficient (Wildman–Crippen LogP) is 1.85. The van der Waals surface area contributed by atoms with Gasteiger partial charge >= 0.3 is 5.97 Å². The van der Waals surface area contributed by atoms with E-state index in [4.69, 9.17) is 10.5 Å². The summed E-state index contributed by atoms with van der Waals surface area (Å²) in [6, 6.07) is 0.196. The molecule has 0 aromatic carbocycles. The van der Waals surface area contributed by atoms with Gasteiger partial charge in [0.2, 0.25) is 0 Å². The summed E-state index contributed by atoms with van der Waals surface area (Å²) in [5.74, 6) is 0.256. The second-order valence-corrected chi connectivity index (χ2v) is 4.07. The lowest BCUT2D eigenvalue weighted by molar-refractivity contribution is -0.144. The van der Waals surface area contributed by atoms with Gasteiger partial charge in [-0.25, -0.2) is 0 Å². The maximum Gasteiger partial charge on any atom is 0.306 e. The fourth-order valence-electron chi connectivity index (χ4n) is 2.10. The molecule has 3 heteroatoms. The van der Waals surface area contributed by atoms with E-state index >= 15 is 0 Å². The molecule has 0 radical (unpaired) electrons. The van der Waals surface area contributed by atoms with E-state index in [0.717, 1.165) is 12.8 Å². The molecule has 1 aliphatic carbocycles. The van der Waals surface area contributed by atoms with Gasteiger partial charge in [0.05, 0.1) is 6.61 Å². The molecular weight excluding hydrogens is 178 g/mol. The summed E-state index contributed by atoms with van der Waals surface area (Å²) in [5, 5.41) is 0. The highest BCUT2D eigenvalue weighted by Gasteiger charge is 2.23. The summed E-state index contributed by atoms with van der Waals surface area (Å²) in [5.41, 5.74) is 6.02. The zero-order valence-electron chi connectivity index (χ0n) is 9.00. The number of rotatable bonds is 3. The van der Waals surface area contributed by atoms with Crippen LogP contribution >= 0.6 is 0 Å². The minimum Gasteiger partial charge on any atom is -0.466 e. The Bertz CT molecular complexity index is 182. The number of ether oxygens (including phenoxy) is 1. The van der Waals surface area contributed by atoms with Crippen LogP contribution in [-0.2, 0) is 9.53 Å². The summed E-state index contributed by atoms with van der Waals surface area (Å²) in [4.78, 5) is 11.3. The normalized spacial score (nSPS) is 28.1. The number of nitrogens with two attached hydrogens (primary N) is 1. The van der Waals surface area contributed by atoms with Crippen LogP contribution in [0.4, 0.5) is 0 Å². The van der Waals surface area contributed by atoms with Gasteiger partial charge in [-0.15, -0.1) is 0 Å². The van der Waals surface area contributed by atoms with E-state index in [1.807, 2.05) is 6.92 Å². The first-order valence-electron chi connectivity index (χ1n) is 5.65. The molecule has 0 saturated heterocycles. The van der Waals surface area contributed by atoms with E-state index in [1.165, 1.54) is 19.3 Å². The summed E-state index contributed by atoms with van der Waals surface area (Å²) >= 11 is 0. The fraction of sp³-hybridized carbons (Fsp3) is 0.909. The Morgan fingerprint density at radius 2 is 2.07 bits per heavy atom. The van der Waals surface area contributed by atoms with E-state index in [9.17, 15) is 4.79 Å². The zero-order valence-corrected chi connectivity index (χ0v) is 9.00. The van der Waals surface area contributed by atoms with Gasteiger partial charge in [0.1, 0.15) is 0 Å². The van der Waals surface area contributed by atoms with E-state index < -0.39 is 0 Å². The number of carbonyl (C=O) groups is 1. The Morgan fingerprint density at radius 3 is 2.79 bits per heavy atom. The van der Waals surface area contributed by atoms with Crippen molar-refractivity contribution in [3.05, 3.63) is 0 Å². The van der Waals surface area contributed by atoms with Crippen molar-refractivity contribution in [1.29, 1.82) is 0 Å². The summed E-state index contributed by atoms with van der Waals surface area (Å²) in [6.07, 6.45) is 6.32. The summed E-state index contributed by atoms with van der Waals surface area (Å²) in [6.45, 7) is 2.31. The molecule has 2 atom stereocenters. The molecule has 14 heavy (non-hydrogen) atoms. The Kier molecular flexibility index (Phi) is 4.94. The van der Waals surface area contributed by atoms with Crippen molar-refractivity contribution < 1.29 is 9.53 Å². The quantitative estimate of drug-likeness (QED) is 0.557. The maximum atomic E-state index is 11.3. The van der Waals surface area contributed by atoms with Gasteiger partial charge in [-0.05, 0) is 25.7 Å². The highest BCUT2D eigenvalue weighted by Crippen LogP contribution is 2.24. The average Bonchev–Trinajstić information content (AvgIpc) is 2.33. The predicted molar refractivity (Wildman–Crippen MR) is 55.8 cm³/mol. The number of carbonyl (C=O) groups excluding carboxylic acids is 1.